The van der Waals surface area contributed by atoms with E-state index < -0.39 is 0 Å². The van der Waals surface area contributed by atoms with E-state index in [0.29, 0.717) is 5.92 Å². The fourth-order valence-corrected chi connectivity index (χ4v) is 4.21. The number of halogens is 1. The van der Waals surface area contributed by atoms with Gasteiger partial charge in [0.05, 0.1) is 6.04 Å². The molecule has 0 saturated heterocycles. The lowest BCUT2D eigenvalue weighted by Gasteiger charge is -2.27. The highest BCUT2D eigenvalue weighted by Gasteiger charge is 2.29. The van der Waals surface area contributed by atoms with Crippen LogP contribution in [-0.2, 0) is 11.2 Å². The van der Waals surface area contributed by atoms with Crippen molar-refractivity contribution >= 4 is 16.8 Å². The standard InChI is InChI=1S/C22H26FN3O/c1-14(2)12-20(26-10-3-4-11-26)22(27)25-19-7-5-6-16-17-13-15(23)8-9-18(17)24-21(16)19/h3-4,8-11,13-14,19-20,24H,5-7,12H2,1-2H3,(H,25,27)/t19?,20-/m0/s1. The third kappa shape index (κ3) is 3.51. The van der Waals surface area contributed by atoms with Crippen LogP contribution >= 0.6 is 0 Å². The predicted molar refractivity (Wildman–Crippen MR) is 105 cm³/mol. The summed E-state index contributed by atoms with van der Waals surface area (Å²) in [6, 6.07) is 8.48. The van der Waals surface area contributed by atoms with Gasteiger partial charge in [-0.05, 0) is 67.5 Å². The molecule has 1 aliphatic carbocycles. The summed E-state index contributed by atoms with van der Waals surface area (Å²) in [4.78, 5) is 16.5. The molecular weight excluding hydrogens is 341 g/mol. The van der Waals surface area contributed by atoms with E-state index in [9.17, 15) is 9.18 Å². The molecule has 4 nitrogen and oxygen atoms in total. The Morgan fingerprint density at radius 2 is 2.11 bits per heavy atom. The Balaban J connectivity index is 1.61. The van der Waals surface area contributed by atoms with Crippen molar-refractivity contribution in [3.05, 3.63) is 59.8 Å². The number of fused-ring (bicyclic) bond motifs is 3. The minimum absolute atomic E-state index is 0.0441. The average molecular weight is 367 g/mol. The lowest BCUT2D eigenvalue weighted by atomic mass is 9.91. The number of aryl methyl sites for hydroxylation is 1. The number of rotatable bonds is 5. The highest BCUT2D eigenvalue weighted by atomic mass is 19.1. The first-order chi connectivity index (χ1) is 13.0. The van der Waals surface area contributed by atoms with Gasteiger partial charge < -0.3 is 14.9 Å². The minimum atomic E-state index is -0.222. The summed E-state index contributed by atoms with van der Waals surface area (Å²) in [6.45, 7) is 4.27. The quantitative estimate of drug-likeness (QED) is 0.663. The Labute approximate surface area is 158 Å². The van der Waals surface area contributed by atoms with Crippen LogP contribution in [0.25, 0.3) is 10.9 Å². The summed E-state index contributed by atoms with van der Waals surface area (Å²) in [5, 5.41) is 4.20. The maximum atomic E-state index is 13.7. The van der Waals surface area contributed by atoms with Crippen LogP contribution in [0.2, 0.25) is 0 Å². The first-order valence-corrected chi connectivity index (χ1v) is 9.75. The number of nitrogens with zero attached hydrogens (tertiary/aromatic N) is 1. The number of nitrogens with one attached hydrogen (secondary N) is 2. The van der Waals surface area contributed by atoms with E-state index in [1.807, 2.05) is 29.1 Å². The molecule has 142 valence electrons. The SMILES string of the molecule is CC(C)C[C@@H](C(=O)NC1CCCc2c1[nH]c1ccc(F)cc21)n1cccc1. The molecule has 0 fully saturated rings. The molecule has 2 aromatic heterocycles. The molecule has 0 spiro atoms. The molecule has 1 amide bonds. The van der Waals surface area contributed by atoms with E-state index in [4.69, 9.17) is 0 Å². The second-order valence-electron chi connectivity index (χ2n) is 7.94. The fourth-order valence-electron chi connectivity index (χ4n) is 4.21. The number of amides is 1. The maximum absolute atomic E-state index is 13.7. The van der Waals surface area contributed by atoms with E-state index in [2.05, 4.69) is 24.1 Å². The Kier molecular flexibility index (Phi) is 4.77. The molecule has 4 rings (SSSR count). The Bertz CT molecular complexity index is 942. The maximum Gasteiger partial charge on any atom is 0.243 e. The Morgan fingerprint density at radius 3 is 2.85 bits per heavy atom. The fraction of sp³-hybridized carbons (Fsp3) is 0.409. The second-order valence-corrected chi connectivity index (χ2v) is 7.94. The normalized spacial score (nSPS) is 17.9. The molecule has 27 heavy (non-hydrogen) atoms. The third-order valence-electron chi connectivity index (χ3n) is 5.47. The number of aromatic amines is 1. The van der Waals surface area contributed by atoms with Crippen LogP contribution in [0.5, 0.6) is 0 Å². The van der Waals surface area contributed by atoms with Crippen molar-refractivity contribution in [3.8, 4) is 0 Å². The number of carbonyl (C=O) groups excluding carboxylic acids is 1. The van der Waals surface area contributed by atoms with Gasteiger partial charge in [0.2, 0.25) is 5.91 Å². The molecule has 0 aliphatic heterocycles. The summed E-state index contributed by atoms with van der Waals surface area (Å²) >= 11 is 0. The summed E-state index contributed by atoms with van der Waals surface area (Å²) in [5.41, 5.74) is 3.11. The van der Waals surface area contributed by atoms with Gasteiger partial charge in [0, 0.05) is 29.0 Å². The van der Waals surface area contributed by atoms with Crippen LogP contribution in [0, 0.1) is 11.7 Å². The predicted octanol–water partition coefficient (Wildman–Crippen LogP) is 4.89. The smallest absolute Gasteiger partial charge is 0.243 e. The minimum Gasteiger partial charge on any atom is -0.356 e. The molecule has 1 aliphatic rings. The van der Waals surface area contributed by atoms with Gasteiger partial charge in [-0.25, -0.2) is 4.39 Å². The van der Waals surface area contributed by atoms with E-state index in [1.165, 1.54) is 6.07 Å². The number of carbonyl (C=O) groups is 1. The Hall–Kier alpha value is -2.56. The number of hydrogen-bond donors (Lipinski definition) is 2. The molecule has 2 N–H and O–H groups in total. The van der Waals surface area contributed by atoms with Crippen LogP contribution < -0.4 is 5.32 Å². The molecule has 3 aromatic rings. The number of hydrogen-bond acceptors (Lipinski definition) is 1. The molecule has 5 heteroatoms. The first-order valence-electron chi connectivity index (χ1n) is 9.75. The highest BCUT2D eigenvalue weighted by Crippen LogP contribution is 2.35. The second kappa shape index (κ2) is 7.22. The van der Waals surface area contributed by atoms with Crippen LogP contribution in [0.1, 0.15) is 56.5 Å². The molecule has 2 atom stereocenters. The van der Waals surface area contributed by atoms with Gasteiger partial charge in [0.25, 0.3) is 0 Å². The molecule has 0 radical (unpaired) electrons. The van der Waals surface area contributed by atoms with E-state index >= 15 is 0 Å². The topological polar surface area (TPSA) is 49.8 Å². The average Bonchev–Trinajstić information content (AvgIpc) is 3.28. The highest BCUT2D eigenvalue weighted by molar-refractivity contribution is 5.86. The number of benzene rings is 1. The monoisotopic (exact) mass is 367 g/mol. The number of aromatic nitrogens is 2. The van der Waals surface area contributed by atoms with Crippen LogP contribution in [0.3, 0.4) is 0 Å². The Morgan fingerprint density at radius 1 is 1.33 bits per heavy atom. The van der Waals surface area contributed by atoms with Crippen molar-refractivity contribution in [1.29, 1.82) is 0 Å². The number of H-pyrrole nitrogens is 1. The summed E-state index contributed by atoms with van der Waals surface area (Å²) in [7, 11) is 0. The van der Waals surface area contributed by atoms with Crippen LogP contribution in [0.15, 0.2) is 42.7 Å². The van der Waals surface area contributed by atoms with Gasteiger partial charge in [0.15, 0.2) is 0 Å². The summed E-state index contributed by atoms with van der Waals surface area (Å²) in [5.74, 6) is 0.240. The van der Waals surface area contributed by atoms with Gasteiger partial charge in [0.1, 0.15) is 11.9 Å². The van der Waals surface area contributed by atoms with Gasteiger partial charge in [-0.1, -0.05) is 13.8 Å². The third-order valence-corrected chi connectivity index (χ3v) is 5.47. The lowest BCUT2D eigenvalue weighted by molar-refractivity contribution is -0.125. The molecule has 0 saturated carbocycles. The van der Waals surface area contributed by atoms with Crippen molar-refractivity contribution < 1.29 is 9.18 Å². The van der Waals surface area contributed by atoms with Crippen LogP contribution in [0.4, 0.5) is 4.39 Å². The molecular formula is C22H26FN3O. The van der Waals surface area contributed by atoms with Gasteiger partial charge >= 0.3 is 0 Å². The first kappa shape index (κ1) is 17.8. The van der Waals surface area contributed by atoms with Crippen LogP contribution in [-0.4, -0.2) is 15.5 Å². The van der Waals surface area contributed by atoms with Crippen molar-refractivity contribution in [2.24, 2.45) is 5.92 Å². The lowest BCUT2D eigenvalue weighted by Crippen LogP contribution is -2.37. The summed E-state index contributed by atoms with van der Waals surface area (Å²) in [6.07, 6.45) is 7.49. The van der Waals surface area contributed by atoms with Crippen molar-refractivity contribution in [2.45, 2.75) is 51.6 Å². The van der Waals surface area contributed by atoms with Gasteiger partial charge in [-0.3, -0.25) is 4.79 Å². The zero-order valence-electron chi connectivity index (χ0n) is 15.8. The van der Waals surface area contributed by atoms with E-state index in [0.717, 1.165) is 47.8 Å². The zero-order valence-corrected chi connectivity index (χ0v) is 15.8. The van der Waals surface area contributed by atoms with Crippen molar-refractivity contribution in [3.63, 3.8) is 0 Å². The van der Waals surface area contributed by atoms with E-state index in [1.54, 1.807) is 12.1 Å². The van der Waals surface area contributed by atoms with Gasteiger partial charge in [-0.15, -0.1) is 0 Å². The van der Waals surface area contributed by atoms with E-state index in [-0.39, 0.29) is 23.8 Å². The molecule has 1 aromatic carbocycles. The van der Waals surface area contributed by atoms with Crippen molar-refractivity contribution in [1.82, 2.24) is 14.9 Å². The van der Waals surface area contributed by atoms with Gasteiger partial charge in [-0.2, -0.15) is 0 Å². The largest absolute Gasteiger partial charge is 0.356 e. The molecule has 0 bridgehead atoms. The van der Waals surface area contributed by atoms with Crippen molar-refractivity contribution in [2.75, 3.05) is 0 Å². The molecule has 1 unspecified atom stereocenters. The zero-order chi connectivity index (χ0) is 19.0. The molecule has 2 heterocycles. The summed E-state index contributed by atoms with van der Waals surface area (Å²) < 4.78 is 15.7.